The Balaban J connectivity index is 2.09. The van der Waals surface area contributed by atoms with Crippen LogP contribution in [0.25, 0.3) is 0 Å². The van der Waals surface area contributed by atoms with Crippen LogP contribution >= 0.6 is 12.2 Å². The van der Waals surface area contributed by atoms with Crippen LogP contribution in [0.2, 0.25) is 0 Å². The standard InChI is InChI=1S/C14H16O4S/c1-9-11(12(16)14(2,8-15)18-9)17-13(19)10-6-4-3-5-7-10/h1,3-7,9,11-12,15-16H,8H2,2H3/t9-,11?,12+,14+/m0/s1. The Morgan fingerprint density at radius 3 is 2.63 bits per heavy atom. The van der Waals surface area contributed by atoms with Gasteiger partial charge in [0, 0.05) is 12.5 Å². The third kappa shape index (κ3) is 2.79. The largest absolute Gasteiger partial charge is 0.474 e. The lowest BCUT2D eigenvalue weighted by Crippen LogP contribution is -2.44. The van der Waals surface area contributed by atoms with Crippen molar-refractivity contribution in [3.8, 4) is 0 Å². The number of aliphatic hydroxyl groups is 2. The van der Waals surface area contributed by atoms with Gasteiger partial charge in [-0.3, -0.25) is 0 Å². The number of hydrogen-bond donors (Lipinski definition) is 2. The molecule has 4 nitrogen and oxygen atoms in total. The first-order chi connectivity index (χ1) is 8.98. The first-order valence-corrected chi connectivity index (χ1v) is 6.37. The zero-order valence-electron chi connectivity index (χ0n) is 10.5. The van der Waals surface area contributed by atoms with Crippen molar-refractivity contribution in [3.63, 3.8) is 0 Å². The molecule has 0 aromatic heterocycles. The lowest BCUT2D eigenvalue weighted by atomic mass is 9.97. The Kier molecular flexibility index (Phi) is 4.20. The summed E-state index contributed by atoms with van der Waals surface area (Å²) >= 11 is 5.17. The maximum atomic E-state index is 10.1. The van der Waals surface area contributed by atoms with E-state index in [1.807, 2.05) is 18.2 Å². The second kappa shape index (κ2) is 5.54. The van der Waals surface area contributed by atoms with E-state index in [4.69, 9.17) is 28.6 Å². The molecule has 0 aliphatic carbocycles. The highest BCUT2D eigenvalue weighted by molar-refractivity contribution is 7.80. The van der Waals surface area contributed by atoms with Crippen molar-refractivity contribution in [1.82, 2.24) is 0 Å². The summed E-state index contributed by atoms with van der Waals surface area (Å²) in [5, 5.41) is 19.6. The van der Waals surface area contributed by atoms with Gasteiger partial charge in [0.15, 0.2) is 11.2 Å². The summed E-state index contributed by atoms with van der Waals surface area (Å²) in [4.78, 5) is 0. The topological polar surface area (TPSA) is 58.9 Å². The van der Waals surface area contributed by atoms with Gasteiger partial charge in [-0.05, 0) is 19.1 Å². The van der Waals surface area contributed by atoms with Crippen molar-refractivity contribution in [2.75, 3.05) is 6.61 Å². The highest BCUT2D eigenvalue weighted by atomic mass is 32.1. The summed E-state index contributed by atoms with van der Waals surface area (Å²) in [6, 6.07) is 9.16. The molecule has 1 aromatic carbocycles. The van der Waals surface area contributed by atoms with Gasteiger partial charge in [0.05, 0.1) is 6.61 Å². The van der Waals surface area contributed by atoms with Crippen molar-refractivity contribution in [2.24, 2.45) is 0 Å². The monoisotopic (exact) mass is 280 g/mol. The molecule has 2 radical (unpaired) electrons. The fourth-order valence-corrected chi connectivity index (χ4v) is 2.25. The fourth-order valence-electron chi connectivity index (χ4n) is 2.00. The molecule has 1 aliphatic rings. The Hall–Kier alpha value is -1.01. The SMILES string of the molecule is [CH][C@@H]1O[C@](C)(CO)[C@H](O)C1OC(=S)c1ccccc1. The van der Waals surface area contributed by atoms with Gasteiger partial charge >= 0.3 is 0 Å². The Labute approximate surface area is 118 Å². The van der Waals surface area contributed by atoms with Crippen LogP contribution in [0.4, 0.5) is 0 Å². The molecule has 5 heteroatoms. The van der Waals surface area contributed by atoms with Gasteiger partial charge in [0.25, 0.3) is 0 Å². The summed E-state index contributed by atoms with van der Waals surface area (Å²) in [5.41, 5.74) is -0.398. The van der Waals surface area contributed by atoms with Crippen LogP contribution in [-0.2, 0) is 9.47 Å². The van der Waals surface area contributed by atoms with Gasteiger partial charge in [-0.15, -0.1) is 0 Å². The summed E-state index contributed by atoms with van der Waals surface area (Å²) in [6.07, 6.45) is -2.69. The maximum Gasteiger partial charge on any atom is 0.191 e. The van der Waals surface area contributed by atoms with E-state index in [1.54, 1.807) is 19.1 Å². The lowest BCUT2D eigenvalue weighted by Gasteiger charge is -2.25. The fraction of sp³-hybridized carbons (Fsp3) is 0.429. The Morgan fingerprint density at radius 2 is 2.11 bits per heavy atom. The highest BCUT2D eigenvalue weighted by Gasteiger charge is 2.51. The van der Waals surface area contributed by atoms with Gasteiger partial charge in [0.2, 0.25) is 0 Å². The van der Waals surface area contributed by atoms with Crippen LogP contribution in [-0.4, -0.2) is 45.8 Å². The number of aliphatic hydroxyl groups excluding tert-OH is 2. The number of hydrogen-bond acceptors (Lipinski definition) is 5. The molecule has 1 saturated heterocycles. The molecular weight excluding hydrogens is 264 g/mol. The molecule has 1 heterocycles. The van der Waals surface area contributed by atoms with Crippen LogP contribution in [0.1, 0.15) is 12.5 Å². The van der Waals surface area contributed by atoms with E-state index < -0.39 is 23.9 Å². The molecule has 0 amide bonds. The van der Waals surface area contributed by atoms with Crippen LogP contribution in [0.5, 0.6) is 0 Å². The van der Waals surface area contributed by atoms with Crippen molar-refractivity contribution in [1.29, 1.82) is 0 Å². The summed E-state index contributed by atoms with van der Waals surface area (Å²) in [5.74, 6) is 0. The van der Waals surface area contributed by atoms with Gasteiger partial charge < -0.3 is 19.7 Å². The van der Waals surface area contributed by atoms with E-state index >= 15 is 0 Å². The molecule has 1 aromatic rings. The van der Waals surface area contributed by atoms with Crippen molar-refractivity contribution >= 4 is 17.3 Å². The summed E-state index contributed by atoms with van der Waals surface area (Å²) in [6.45, 7) is 7.00. The molecule has 19 heavy (non-hydrogen) atoms. The van der Waals surface area contributed by atoms with E-state index in [0.29, 0.717) is 0 Å². The molecule has 2 N–H and O–H groups in total. The smallest absolute Gasteiger partial charge is 0.191 e. The van der Waals surface area contributed by atoms with Crippen LogP contribution < -0.4 is 0 Å². The second-order valence-electron chi connectivity index (χ2n) is 4.73. The van der Waals surface area contributed by atoms with E-state index in [0.717, 1.165) is 5.56 Å². The molecule has 0 spiro atoms. The van der Waals surface area contributed by atoms with Crippen molar-refractivity contribution < 1.29 is 19.7 Å². The summed E-state index contributed by atoms with van der Waals surface area (Å²) < 4.78 is 10.9. The first-order valence-electron chi connectivity index (χ1n) is 5.96. The Bertz CT molecular complexity index is 450. The third-order valence-corrected chi connectivity index (χ3v) is 3.56. The van der Waals surface area contributed by atoms with Crippen LogP contribution in [0.15, 0.2) is 30.3 Å². The first kappa shape index (κ1) is 14.4. The van der Waals surface area contributed by atoms with E-state index in [1.165, 1.54) is 0 Å². The van der Waals surface area contributed by atoms with Gasteiger partial charge in [-0.1, -0.05) is 30.3 Å². The average Bonchev–Trinajstić information content (AvgIpc) is 2.64. The zero-order valence-corrected chi connectivity index (χ0v) is 11.3. The van der Waals surface area contributed by atoms with Crippen LogP contribution in [0, 0.1) is 6.92 Å². The number of rotatable bonds is 3. The van der Waals surface area contributed by atoms with Crippen LogP contribution in [0.3, 0.4) is 0 Å². The third-order valence-electron chi connectivity index (χ3n) is 3.23. The number of thiocarbonyl (C=S) groups is 1. The second-order valence-corrected chi connectivity index (χ2v) is 5.10. The van der Waals surface area contributed by atoms with Gasteiger partial charge in [-0.25, -0.2) is 0 Å². The summed E-state index contributed by atoms with van der Waals surface area (Å²) in [7, 11) is 0. The van der Waals surface area contributed by atoms with E-state index in [2.05, 4.69) is 0 Å². The molecule has 1 fully saturated rings. The van der Waals surface area contributed by atoms with E-state index in [-0.39, 0.29) is 11.7 Å². The van der Waals surface area contributed by atoms with Crippen molar-refractivity contribution in [2.45, 2.75) is 30.8 Å². The minimum absolute atomic E-state index is 0.242. The number of ether oxygens (including phenoxy) is 2. The zero-order chi connectivity index (χ0) is 14.0. The van der Waals surface area contributed by atoms with Gasteiger partial charge in [-0.2, -0.15) is 0 Å². The lowest BCUT2D eigenvalue weighted by molar-refractivity contribution is -0.0910. The average molecular weight is 280 g/mol. The van der Waals surface area contributed by atoms with Gasteiger partial charge in [0.1, 0.15) is 17.8 Å². The maximum absolute atomic E-state index is 10.1. The quantitative estimate of drug-likeness (QED) is 0.808. The van der Waals surface area contributed by atoms with E-state index in [9.17, 15) is 10.2 Å². The molecule has 0 bridgehead atoms. The van der Waals surface area contributed by atoms with Crippen molar-refractivity contribution in [3.05, 3.63) is 42.8 Å². The predicted octanol–water partition coefficient (Wildman–Crippen LogP) is 0.969. The molecule has 4 atom stereocenters. The molecule has 1 aliphatic heterocycles. The molecule has 1 unspecified atom stereocenters. The Morgan fingerprint density at radius 1 is 1.47 bits per heavy atom. The molecule has 0 saturated carbocycles. The minimum Gasteiger partial charge on any atom is -0.474 e. The highest BCUT2D eigenvalue weighted by Crippen LogP contribution is 2.32. The minimum atomic E-state index is -1.13. The molecular formula is C14H16O4S. The number of benzene rings is 1. The molecule has 2 rings (SSSR count). The molecule has 102 valence electrons. The predicted molar refractivity (Wildman–Crippen MR) is 73.7 cm³/mol. The normalized spacial score (nSPS) is 34.2.